The number of nitro groups is 1. The topological polar surface area (TPSA) is 118 Å². The average Bonchev–Trinajstić information content (AvgIpc) is 2.99. The summed E-state index contributed by atoms with van der Waals surface area (Å²) in [7, 11) is 1.15. The maximum atomic E-state index is 13.8. The van der Waals surface area contributed by atoms with Gasteiger partial charge in [-0.25, -0.2) is 4.79 Å². The highest BCUT2D eigenvalue weighted by Gasteiger charge is 2.26. The van der Waals surface area contributed by atoms with Crippen molar-refractivity contribution >= 4 is 22.6 Å². The molecule has 5 rings (SSSR count). The minimum absolute atomic E-state index is 0.0362. The third kappa shape index (κ3) is 5.53. The van der Waals surface area contributed by atoms with E-state index >= 15 is 0 Å². The molecule has 9 nitrogen and oxygen atoms in total. The molecule has 0 N–H and O–H groups in total. The van der Waals surface area contributed by atoms with Crippen molar-refractivity contribution in [2.45, 2.75) is 13.2 Å². The number of carbonyl (C=O) groups is 1. The summed E-state index contributed by atoms with van der Waals surface area (Å²) in [6, 6.07) is 27.4. The molecule has 1 heterocycles. The average molecular weight is 538 g/mol. The smallest absolute Gasteiger partial charge is 0.345 e. The summed E-state index contributed by atoms with van der Waals surface area (Å²) in [5, 5.41) is 11.2. The van der Waals surface area contributed by atoms with Crippen molar-refractivity contribution in [3.8, 4) is 22.8 Å². The van der Waals surface area contributed by atoms with Crippen LogP contribution in [0.4, 0.5) is 5.69 Å². The molecule has 9 heteroatoms. The summed E-state index contributed by atoms with van der Waals surface area (Å²) in [6.45, 7) is 0.402. The molecule has 0 aliphatic rings. The predicted octanol–water partition coefficient (Wildman–Crippen LogP) is 6.31. The lowest BCUT2D eigenvalue weighted by molar-refractivity contribution is -0.384. The molecule has 0 aliphatic carbocycles. The first-order valence-corrected chi connectivity index (χ1v) is 12.3. The zero-order valence-electron chi connectivity index (χ0n) is 21.4. The Labute approximate surface area is 228 Å². The van der Waals surface area contributed by atoms with Crippen LogP contribution < -0.4 is 14.9 Å². The summed E-state index contributed by atoms with van der Waals surface area (Å²) in [5.41, 5.74) is 1.02. The number of esters is 1. The van der Waals surface area contributed by atoms with Gasteiger partial charge in [-0.1, -0.05) is 60.7 Å². The number of carbonyl (C=O) groups excluding carboxylic acids is 1. The van der Waals surface area contributed by atoms with Gasteiger partial charge in [0.25, 0.3) is 5.69 Å². The predicted molar refractivity (Wildman–Crippen MR) is 147 cm³/mol. The second-order valence-electron chi connectivity index (χ2n) is 8.77. The minimum atomic E-state index is -0.914. The number of nitrogens with zero attached hydrogens (tertiary/aromatic N) is 1. The molecule has 0 radical (unpaired) electrons. The molecule has 4 aromatic carbocycles. The fourth-order valence-electron chi connectivity index (χ4n) is 4.16. The molecule has 0 atom stereocenters. The molecule has 0 fully saturated rings. The van der Waals surface area contributed by atoms with Crippen LogP contribution in [0.3, 0.4) is 0 Å². The van der Waals surface area contributed by atoms with Crippen molar-refractivity contribution in [3.63, 3.8) is 0 Å². The van der Waals surface area contributed by atoms with Crippen LogP contribution in [0.1, 0.15) is 21.5 Å². The third-order valence-electron chi connectivity index (χ3n) is 6.15. The second kappa shape index (κ2) is 11.5. The Morgan fingerprint density at radius 2 is 1.45 bits per heavy atom. The van der Waals surface area contributed by atoms with E-state index in [0.717, 1.165) is 18.2 Å². The Hall–Kier alpha value is -5.44. The number of hydrogen-bond donors (Lipinski definition) is 0. The second-order valence-corrected chi connectivity index (χ2v) is 8.77. The van der Waals surface area contributed by atoms with Crippen molar-refractivity contribution in [1.82, 2.24) is 0 Å². The summed E-state index contributed by atoms with van der Waals surface area (Å²) in [4.78, 5) is 37.2. The van der Waals surface area contributed by atoms with Gasteiger partial charge >= 0.3 is 5.97 Å². The fourth-order valence-corrected chi connectivity index (χ4v) is 4.16. The third-order valence-corrected chi connectivity index (χ3v) is 6.15. The molecule has 200 valence electrons. The number of ether oxygens (including phenoxy) is 3. The van der Waals surface area contributed by atoms with Crippen molar-refractivity contribution in [2.75, 3.05) is 7.11 Å². The van der Waals surface area contributed by atoms with Crippen LogP contribution in [0.5, 0.6) is 11.5 Å². The van der Waals surface area contributed by atoms with Crippen LogP contribution in [0.25, 0.3) is 22.3 Å². The van der Waals surface area contributed by atoms with Crippen LogP contribution >= 0.6 is 0 Å². The highest BCUT2D eigenvalue weighted by molar-refractivity contribution is 6.00. The van der Waals surface area contributed by atoms with Crippen LogP contribution in [0.15, 0.2) is 106 Å². The van der Waals surface area contributed by atoms with Crippen molar-refractivity contribution < 1.29 is 28.3 Å². The van der Waals surface area contributed by atoms with Gasteiger partial charge in [-0.15, -0.1) is 0 Å². The molecule has 40 heavy (non-hydrogen) atoms. The lowest BCUT2D eigenvalue weighted by Crippen LogP contribution is -2.19. The largest absolute Gasteiger partial charge is 0.489 e. The number of fused-ring (bicyclic) bond motifs is 1. The number of rotatable bonds is 9. The van der Waals surface area contributed by atoms with E-state index in [1.807, 2.05) is 60.7 Å². The standard InChI is InChI=1S/C31H23NO8/c1-37-31(34)28-29(33)27-25(39-19-21-10-6-3-7-11-21)16-24(38-18-20-8-4-2-5-9-20)17-26(27)40-30(28)22-12-14-23(15-13-22)32(35)36/h2-17H,18-19H2,1H3. The van der Waals surface area contributed by atoms with Gasteiger partial charge in [-0.3, -0.25) is 14.9 Å². The summed E-state index contributed by atoms with van der Waals surface area (Å²) >= 11 is 0. The molecular formula is C31H23NO8. The lowest BCUT2D eigenvalue weighted by Gasteiger charge is -2.15. The van der Waals surface area contributed by atoms with Crippen LogP contribution in [-0.2, 0) is 18.0 Å². The van der Waals surface area contributed by atoms with Crippen LogP contribution in [0.2, 0.25) is 0 Å². The van der Waals surface area contributed by atoms with Gasteiger partial charge in [0.2, 0.25) is 5.43 Å². The van der Waals surface area contributed by atoms with E-state index < -0.39 is 16.3 Å². The molecule has 1 aromatic heterocycles. The van der Waals surface area contributed by atoms with Crippen LogP contribution in [0, 0.1) is 10.1 Å². The molecular weight excluding hydrogens is 514 g/mol. The van der Waals surface area contributed by atoms with Gasteiger partial charge in [0.1, 0.15) is 35.7 Å². The Balaban J connectivity index is 1.66. The van der Waals surface area contributed by atoms with Crippen molar-refractivity contribution in [1.29, 1.82) is 0 Å². The molecule has 0 unspecified atom stereocenters. The molecule has 0 spiro atoms. The SMILES string of the molecule is COC(=O)c1c(-c2ccc([N+](=O)[O-])cc2)oc2cc(OCc3ccccc3)cc(OCc3ccccc3)c2c1=O. The molecule has 0 amide bonds. The van der Waals surface area contributed by atoms with E-state index in [4.69, 9.17) is 18.6 Å². The maximum Gasteiger partial charge on any atom is 0.345 e. The number of benzene rings is 4. The Morgan fingerprint density at radius 1 is 0.850 bits per heavy atom. The Morgan fingerprint density at radius 3 is 2.02 bits per heavy atom. The minimum Gasteiger partial charge on any atom is -0.489 e. The highest BCUT2D eigenvalue weighted by Crippen LogP contribution is 2.35. The molecule has 0 saturated heterocycles. The molecule has 0 aliphatic heterocycles. The van der Waals surface area contributed by atoms with Crippen molar-refractivity contribution in [2.24, 2.45) is 0 Å². The first-order chi connectivity index (χ1) is 19.4. The summed E-state index contributed by atoms with van der Waals surface area (Å²) in [6.07, 6.45) is 0. The first-order valence-electron chi connectivity index (χ1n) is 12.3. The van der Waals surface area contributed by atoms with Gasteiger partial charge in [0, 0.05) is 29.8 Å². The number of non-ortho nitro benzene ring substituents is 1. The number of methoxy groups -OCH3 is 1. The lowest BCUT2D eigenvalue weighted by atomic mass is 10.0. The monoisotopic (exact) mass is 537 g/mol. The quantitative estimate of drug-likeness (QED) is 0.122. The number of hydrogen-bond acceptors (Lipinski definition) is 8. The Kier molecular flexibility index (Phi) is 7.54. The number of nitro benzene ring substituents is 1. The van der Waals surface area contributed by atoms with Gasteiger partial charge in [0.15, 0.2) is 11.3 Å². The zero-order valence-corrected chi connectivity index (χ0v) is 21.4. The van der Waals surface area contributed by atoms with E-state index in [0.29, 0.717) is 5.75 Å². The normalized spacial score (nSPS) is 10.7. The van der Waals surface area contributed by atoms with E-state index in [9.17, 15) is 19.7 Å². The molecule has 0 bridgehead atoms. The van der Waals surface area contributed by atoms with Crippen LogP contribution in [-0.4, -0.2) is 18.0 Å². The van der Waals surface area contributed by atoms with E-state index in [-0.39, 0.29) is 52.5 Å². The fraction of sp³-hybridized carbons (Fsp3) is 0.0968. The van der Waals surface area contributed by atoms with Gasteiger partial charge in [-0.2, -0.15) is 0 Å². The van der Waals surface area contributed by atoms with E-state index in [2.05, 4.69) is 0 Å². The van der Waals surface area contributed by atoms with Gasteiger partial charge < -0.3 is 18.6 Å². The first kappa shape index (κ1) is 26.2. The molecule has 0 saturated carbocycles. The zero-order chi connectivity index (χ0) is 28.1. The highest BCUT2D eigenvalue weighted by atomic mass is 16.6. The maximum absolute atomic E-state index is 13.8. The van der Waals surface area contributed by atoms with Gasteiger partial charge in [0.05, 0.1) is 12.0 Å². The van der Waals surface area contributed by atoms with E-state index in [1.54, 1.807) is 12.1 Å². The molecule has 5 aromatic rings. The summed E-state index contributed by atoms with van der Waals surface area (Å²) in [5.74, 6) is -0.461. The van der Waals surface area contributed by atoms with Gasteiger partial charge in [-0.05, 0) is 23.3 Å². The Bertz CT molecular complexity index is 1730. The van der Waals surface area contributed by atoms with E-state index in [1.165, 1.54) is 24.3 Å². The van der Waals surface area contributed by atoms with Crippen molar-refractivity contribution in [3.05, 3.63) is 134 Å². The summed E-state index contributed by atoms with van der Waals surface area (Å²) < 4.78 is 23.1.